The van der Waals surface area contributed by atoms with E-state index in [1.54, 1.807) is 0 Å². The second-order valence-electron chi connectivity index (χ2n) is 7.91. The van der Waals surface area contributed by atoms with Gasteiger partial charge in [-0.15, -0.1) is 0 Å². The van der Waals surface area contributed by atoms with E-state index in [-0.39, 0.29) is 0 Å². The Hall–Kier alpha value is -0.380. The van der Waals surface area contributed by atoms with Crippen LogP contribution in [0.15, 0.2) is 12.2 Å². The largest absolute Gasteiger partial charge is 0.304 e. The number of fused-ring (bicyclic) bond motifs is 2. The van der Waals surface area contributed by atoms with Crippen LogP contribution < -0.4 is 0 Å². The number of piperidine rings is 1. The van der Waals surface area contributed by atoms with Crippen LogP contribution in [0.3, 0.4) is 0 Å². The van der Waals surface area contributed by atoms with Crippen LogP contribution in [-0.2, 0) is 0 Å². The molecule has 0 spiro atoms. The lowest BCUT2D eigenvalue weighted by atomic mass is 9.92. The van der Waals surface area contributed by atoms with E-state index in [9.17, 15) is 0 Å². The van der Waals surface area contributed by atoms with E-state index in [1.807, 2.05) is 0 Å². The van der Waals surface area contributed by atoms with Crippen LogP contribution in [0.2, 0.25) is 0 Å². The van der Waals surface area contributed by atoms with Gasteiger partial charge in [-0.3, -0.25) is 4.90 Å². The second kappa shape index (κ2) is 6.02. The highest BCUT2D eigenvalue weighted by Gasteiger charge is 2.37. The summed E-state index contributed by atoms with van der Waals surface area (Å²) in [5.41, 5.74) is 0. The molecule has 21 heavy (non-hydrogen) atoms. The van der Waals surface area contributed by atoms with Crippen molar-refractivity contribution in [2.24, 2.45) is 17.8 Å². The molecule has 118 valence electrons. The summed E-state index contributed by atoms with van der Waals surface area (Å²) in [4.78, 5) is 8.00. The Labute approximate surface area is 130 Å². The summed E-state index contributed by atoms with van der Waals surface area (Å²) >= 11 is 0. The van der Waals surface area contributed by atoms with Crippen molar-refractivity contribution in [2.45, 2.75) is 31.7 Å². The van der Waals surface area contributed by atoms with E-state index < -0.39 is 0 Å². The molecule has 4 rings (SSSR count). The number of piperazine rings is 1. The maximum atomic E-state index is 2.77. The molecule has 0 aromatic heterocycles. The first-order chi connectivity index (χ1) is 10.3. The van der Waals surface area contributed by atoms with E-state index in [4.69, 9.17) is 0 Å². The number of allylic oxidation sites excluding steroid dienone is 2. The number of nitrogens with zero attached hydrogens (tertiary/aromatic N) is 3. The van der Waals surface area contributed by atoms with Crippen molar-refractivity contribution in [2.75, 3.05) is 52.9 Å². The van der Waals surface area contributed by atoms with Gasteiger partial charge < -0.3 is 9.80 Å². The Bertz CT molecular complexity index is 378. The maximum absolute atomic E-state index is 2.77. The molecule has 3 nitrogen and oxygen atoms in total. The fourth-order valence-electron chi connectivity index (χ4n) is 5.09. The van der Waals surface area contributed by atoms with Crippen LogP contribution in [-0.4, -0.2) is 73.6 Å². The Morgan fingerprint density at radius 2 is 1.67 bits per heavy atom. The molecule has 3 fully saturated rings. The summed E-state index contributed by atoms with van der Waals surface area (Å²) in [6.07, 6.45) is 10.7. The van der Waals surface area contributed by atoms with Crippen LogP contribution in [0.25, 0.3) is 0 Å². The minimum atomic E-state index is 0.870. The Kier molecular flexibility index (Phi) is 4.08. The lowest BCUT2D eigenvalue weighted by Gasteiger charge is -2.42. The van der Waals surface area contributed by atoms with Gasteiger partial charge in [0, 0.05) is 38.8 Å². The molecule has 3 atom stereocenters. The Morgan fingerprint density at radius 3 is 2.29 bits per heavy atom. The summed E-state index contributed by atoms with van der Waals surface area (Å²) in [5, 5.41) is 0. The van der Waals surface area contributed by atoms with Gasteiger partial charge in [0.05, 0.1) is 0 Å². The van der Waals surface area contributed by atoms with Gasteiger partial charge in [-0.2, -0.15) is 0 Å². The Morgan fingerprint density at radius 1 is 0.905 bits per heavy atom. The summed E-state index contributed by atoms with van der Waals surface area (Å²) in [6.45, 7) is 9.16. The van der Waals surface area contributed by atoms with Crippen molar-refractivity contribution >= 4 is 0 Å². The molecule has 0 unspecified atom stereocenters. The van der Waals surface area contributed by atoms with E-state index in [1.165, 1.54) is 71.5 Å². The van der Waals surface area contributed by atoms with Gasteiger partial charge in [0.25, 0.3) is 0 Å². The lowest BCUT2D eigenvalue weighted by molar-refractivity contribution is 0.0619. The SMILES string of the molecule is CN1CCN(C2CCN(C[C@H]3C[C@@H]4C=C[C@H]3C4)CC2)CC1. The van der Waals surface area contributed by atoms with Crippen LogP contribution >= 0.6 is 0 Å². The smallest absolute Gasteiger partial charge is 0.0121 e. The van der Waals surface area contributed by atoms with Crippen molar-refractivity contribution < 1.29 is 0 Å². The van der Waals surface area contributed by atoms with Crippen molar-refractivity contribution in [3.05, 3.63) is 12.2 Å². The topological polar surface area (TPSA) is 9.72 Å². The molecule has 1 saturated carbocycles. The zero-order valence-corrected chi connectivity index (χ0v) is 13.6. The third kappa shape index (κ3) is 3.06. The highest BCUT2D eigenvalue weighted by Crippen LogP contribution is 2.43. The van der Waals surface area contributed by atoms with Gasteiger partial charge in [-0.1, -0.05) is 12.2 Å². The van der Waals surface area contributed by atoms with Crippen LogP contribution in [0, 0.1) is 17.8 Å². The number of likely N-dealkylation sites (tertiary alicyclic amines) is 1. The molecule has 0 amide bonds. The third-order valence-electron chi connectivity index (χ3n) is 6.52. The van der Waals surface area contributed by atoms with Crippen LogP contribution in [0.1, 0.15) is 25.7 Å². The number of rotatable bonds is 3. The van der Waals surface area contributed by atoms with Crippen LogP contribution in [0.4, 0.5) is 0 Å². The highest BCUT2D eigenvalue weighted by atomic mass is 15.3. The molecule has 0 aromatic carbocycles. The molecule has 0 radical (unpaired) electrons. The minimum Gasteiger partial charge on any atom is -0.304 e. The summed E-state index contributed by atoms with van der Waals surface area (Å²) in [7, 11) is 2.25. The van der Waals surface area contributed by atoms with Gasteiger partial charge in [0.15, 0.2) is 0 Å². The quantitative estimate of drug-likeness (QED) is 0.735. The average Bonchev–Trinajstić information content (AvgIpc) is 3.12. The zero-order valence-electron chi connectivity index (χ0n) is 13.6. The first-order valence-electron chi connectivity index (χ1n) is 9.11. The first-order valence-corrected chi connectivity index (χ1v) is 9.11. The zero-order chi connectivity index (χ0) is 14.2. The molecule has 4 aliphatic rings. The van der Waals surface area contributed by atoms with Crippen molar-refractivity contribution in [1.29, 1.82) is 0 Å². The van der Waals surface area contributed by atoms with Crippen molar-refractivity contribution in [3.63, 3.8) is 0 Å². The van der Waals surface area contributed by atoms with E-state index >= 15 is 0 Å². The molecule has 0 N–H and O–H groups in total. The molecule has 0 aromatic rings. The second-order valence-corrected chi connectivity index (χ2v) is 7.91. The van der Waals surface area contributed by atoms with E-state index in [0.717, 1.165) is 23.8 Å². The molecule has 2 aliphatic carbocycles. The van der Waals surface area contributed by atoms with Crippen molar-refractivity contribution in [1.82, 2.24) is 14.7 Å². The lowest BCUT2D eigenvalue weighted by Crippen LogP contribution is -2.52. The Balaban J connectivity index is 1.23. The third-order valence-corrected chi connectivity index (χ3v) is 6.52. The monoisotopic (exact) mass is 289 g/mol. The molecule has 2 heterocycles. The normalized spacial score (nSPS) is 39.4. The highest BCUT2D eigenvalue weighted by molar-refractivity contribution is 5.10. The molecular weight excluding hydrogens is 258 g/mol. The molecule has 2 bridgehead atoms. The number of hydrogen-bond acceptors (Lipinski definition) is 3. The number of likely N-dealkylation sites (N-methyl/N-ethyl adjacent to an activating group) is 1. The van der Waals surface area contributed by atoms with Gasteiger partial charge in [-0.25, -0.2) is 0 Å². The predicted octanol–water partition coefficient (Wildman–Crippen LogP) is 1.91. The summed E-state index contributed by atoms with van der Waals surface area (Å²) in [6, 6.07) is 0.870. The van der Waals surface area contributed by atoms with Gasteiger partial charge in [0.2, 0.25) is 0 Å². The summed E-state index contributed by atoms with van der Waals surface area (Å²) in [5.74, 6) is 2.83. The van der Waals surface area contributed by atoms with Gasteiger partial charge in [0.1, 0.15) is 0 Å². The molecule has 2 aliphatic heterocycles. The molecule has 2 saturated heterocycles. The van der Waals surface area contributed by atoms with E-state index in [0.29, 0.717) is 0 Å². The van der Waals surface area contributed by atoms with E-state index in [2.05, 4.69) is 33.9 Å². The number of hydrogen-bond donors (Lipinski definition) is 0. The van der Waals surface area contributed by atoms with Crippen molar-refractivity contribution in [3.8, 4) is 0 Å². The fourth-order valence-corrected chi connectivity index (χ4v) is 5.09. The molecular formula is C18H31N3. The predicted molar refractivity (Wildman–Crippen MR) is 87.4 cm³/mol. The minimum absolute atomic E-state index is 0.870. The maximum Gasteiger partial charge on any atom is 0.0121 e. The fraction of sp³-hybridized carbons (Fsp3) is 0.889. The first kappa shape index (κ1) is 14.2. The molecule has 3 heteroatoms. The van der Waals surface area contributed by atoms with Gasteiger partial charge in [-0.05, 0) is 63.6 Å². The standard InChI is InChI=1S/C18H31N3/c1-19-8-10-21(11-9-19)18-4-6-20(7-5-18)14-17-13-15-2-3-16(17)12-15/h2-3,15-18H,4-14H2,1H3/t15-,16+,17-/m1/s1. The average molecular weight is 289 g/mol. The van der Waals surface area contributed by atoms with Crippen LogP contribution in [0.5, 0.6) is 0 Å². The van der Waals surface area contributed by atoms with Gasteiger partial charge >= 0.3 is 0 Å². The summed E-state index contributed by atoms with van der Waals surface area (Å²) < 4.78 is 0.